The van der Waals surface area contributed by atoms with Crippen molar-refractivity contribution in [3.63, 3.8) is 0 Å². The molecular formula is C14H21N3S. The monoisotopic (exact) mass is 263 g/mol. The number of aryl methyl sites for hydroxylation is 1. The summed E-state index contributed by atoms with van der Waals surface area (Å²) in [5.41, 5.74) is 1.26. The van der Waals surface area contributed by atoms with Gasteiger partial charge in [0.15, 0.2) is 0 Å². The van der Waals surface area contributed by atoms with Crippen molar-refractivity contribution in [2.45, 2.75) is 45.8 Å². The van der Waals surface area contributed by atoms with Gasteiger partial charge in [0.05, 0.1) is 5.54 Å². The molecule has 0 aliphatic rings. The Morgan fingerprint density at radius 1 is 1.44 bits per heavy atom. The van der Waals surface area contributed by atoms with Crippen LogP contribution in [0.3, 0.4) is 0 Å². The smallest absolute Gasteiger partial charge is 0.112 e. The molecule has 98 valence electrons. The summed E-state index contributed by atoms with van der Waals surface area (Å²) in [5.74, 6) is 0. The summed E-state index contributed by atoms with van der Waals surface area (Å²) in [7, 11) is 0. The van der Waals surface area contributed by atoms with Crippen molar-refractivity contribution in [1.82, 2.24) is 14.9 Å². The summed E-state index contributed by atoms with van der Waals surface area (Å²) >= 11 is 1.70. The lowest BCUT2D eigenvalue weighted by atomic mass is 10.1. The van der Waals surface area contributed by atoms with Crippen molar-refractivity contribution in [2.24, 2.45) is 0 Å². The lowest BCUT2D eigenvalue weighted by Gasteiger charge is -2.23. The van der Waals surface area contributed by atoms with Crippen molar-refractivity contribution >= 4 is 11.3 Å². The Labute approximate surface area is 113 Å². The highest BCUT2D eigenvalue weighted by molar-refractivity contribution is 7.09. The number of nitrogens with one attached hydrogen (secondary N) is 1. The van der Waals surface area contributed by atoms with Crippen molar-refractivity contribution in [3.05, 3.63) is 40.6 Å². The van der Waals surface area contributed by atoms with Gasteiger partial charge in [-0.1, -0.05) is 6.92 Å². The maximum absolute atomic E-state index is 4.39. The maximum Gasteiger partial charge on any atom is 0.112 e. The van der Waals surface area contributed by atoms with Crippen molar-refractivity contribution in [3.8, 4) is 0 Å². The molecule has 0 aliphatic carbocycles. The minimum atomic E-state index is -0.0684. The number of hydrogen-bond acceptors (Lipinski definition) is 3. The Balaban J connectivity index is 1.94. The number of thiazole rings is 1. The Kier molecular flexibility index (Phi) is 4.19. The molecule has 0 saturated carbocycles. The van der Waals surface area contributed by atoms with Crippen LogP contribution in [0.25, 0.3) is 0 Å². The molecule has 2 heterocycles. The van der Waals surface area contributed by atoms with Crippen LogP contribution in [0, 0.1) is 0 Å². The van der Waals surface area contributed by atoms with E-state index in [0.717, 1.165) is 18.1 Å². The first-order valence-electron chi connectivity index (χ1n) is 6.41. The number of hydrogen-bond donors (Lipinski definition) is 1. The highest BCUT2D eigenvalue weighted by Crippen LogP contribution is 2.22. The second-order valence-corrected chi connectivity index (χ2v) is 5.97. The van der Waals surface area contributed by atoms with Gasteiger partial charge in [0.2, 0.25) is 0 Å². The summed E-state index contributed by atoms with van der Waals surface area (Å²) < 4.78 is 2.24. The van der Waals surface area contributed by atoms with E-state index in [2.05, 4.69) is 54.1 Å². The Morgan fingerprint density at radius 3 is 2.94 bits per heavy atom. The van der Waals surface area contributed by atoms with Crippen LogP contribution in [-0.2, 0) is 18.6 Å². The molecule has 0 unspecified atom stereocenters. The van der Waals surface area contributed by atoms with Gasteiger partial charge in [0.25, 0.3) is 0 Å². The highest BCUT2D eigenvalue weighted by atomic mass is 32.1. The summed E-state index contributed by atoms with van der Waals surface area (Å²) in [4.78, 5) is 4.39. The van der Waals surface area contributed by atoms with Gasteiger partial charge in [-0.15, -0.1) is 11.3 Å². The molecule has 3 nitrogen and oxygen atoms in total. The normalized spacial score (nSPS) is 11.9. The first-order valence-corrected chi connectivity index (χ1v) is 7.29. The zero-order valence-electron chi connectivity index (χ0n) is 11.3. The van der Waals surface area contributed by atoms with Crippen LogP contribution < -0.4 is 5.32 Å². The summed E-state index contributed by atoms with van der Waals surface area (Å²) in [6.07, 6.45) is 7.40. The SMILES string of the molecule is CCCn1ccc(CNC(C)(C)c2nccs2)c1. The molecule has 0 saturated heterocycles. The molecule has 0 aliphatic heterocycles. The molecule has 2 rings (SSSR count). The second-order valence-electron chi connectivity index (χ2n) is 5.07. The van der Waals surface area contributed by atoms with Crippen LogP contribution in [0.15, 0.2) is 30.0 Å². The zero-order chi connectivity index (χ0) is 13.0. The molecule has 0 spiro atoms. The number of nitrogens with zero attached hydrogens (tertiary/aromatic N) is 2. The summed E-state index contributed by atoms with van der Waals surface area (Å²) in [5, 5.41) is 6.73. The average molecular weight is 263 g/mol. The van der Waals surface area contributed by atoms with Crippen LogP contribution >= 0.6 is 11.3 Å². The third-order valence-corrected chi connectivity index (χ3v) is 4.09. The Hall–Kier alpha value is -1.13. The predicted octanol–water partition coefficient (Wildman–Crippen LogP) is 3.38. The predicted molar refractivity (Wildman–Crippen MR) is 76.7 cm³/mol. The lowest BCUT2D eigenvalue weighted by molar-refractivity contribution is 0.399. The van der Waals surface area contributed by atoms with Crippen LogP contribution in [0.1, 0.15) is 37.8 Å². The number of aromatic nitrogens is 2. The standard InChI is InChI=1S/C14H21N3S/c1-4-7-17-8-5-12(11-17)10-16-14(2,3)13-15-6-9-18-13/h5-6,8-9,11,16H,4,7,10H2,1-3H3. The zero-order valence-corrected chi connectivity index (χ0v) is 12.1. The average Bonchev–Trinajstić information content (AvgIpc) is 2.98. The topological polar surface area (TPSA) is 29.9 Å². The molecule has 0 bridgehead atoms. The first-order chi connectivity index (χ1) is 8.62. The maximum atomic E-state index is 4.39. The molecule has 18 heavy (non-hydrogen) atoms. The van der Waals surface area contributed by atoms with Crippen LogP contribution in [0.4, 0.5) is 0 Å². The van der Waals surface area contributed by atoms with E-state index in [1.807, 2.05) is 11.6 Å². The fourth-order valence-corrected chi connectivity index (χ4v) is 2.66. The van der Waals surface area contributed by atoms with E-state index in [-0.39, 0.29) is 5.54 Å². The molecule has 4 heteroatoms. The summed E-state index contributed by atoms with van der Waals surface area (Å²) in [6.45, 7) is 8.52. The highest BCUT2D eigenvalue weighted by Gasteiger charge is 2.22. The van der Waals surface area contributed by atoms with E-state index in [0.29, 0.717) is 0 Å². The third kappa shape index (κ3) is 3.21. The van der Waals surface area contributed by atoms with Crippen molar-refractivity contribution in [2.75, 3.05) is 0 Å². The van der Waals surface area contributed by atoms with Gasteiger partial charge in [-0.25, -0.2) is 4.98 Å². The fraction of sp³-hybridized carbons (Fsp3) is 0.500. The molecule has 0 radical (unpaired) electrons. The van der Waals surface area contributed by atoms with E-state index >= 15 is 0 Å². The van der Waals surface area contributed by atoms with E-state index in [1.54, 1.807) is 11.3 Å². The van der Waals surface area contributed by atoms with Gasteiger partial charge in [-0.2, -0.15) is 0 Å². The largest absolute Gasteiger partial charge is 0.354 e. The van der Waals surface area contributed by atoms with Gasteiger partial charge in [-0.3, -0.25) is 0 Å². The van der Waals surface area contributed by atoms with E-state index < -0.39 is 0 Å². The molecule has 0 fully saturated rings. The number of rotatable bonds is 6. The minimum absolute atomic E-state index is 0.0684. The Bertz CT molecular complexity index is 471. The first kappa shape index (κ1) is 13.3. The van der Waals surface area contributed by atoms with Gasteiger partial charge in [0.1, 0.15) is 5.01 Å². The van der Waals surface area contributed by atoms with Gasteiger partial charge in [0, 0.05) is 37.1 Å². The van der Waals surface area contributed by atoms with Crippen LogP contribution in [-0.4, -0.2) is 9.55 Å². The molecule has 2 aromatic rings. The van der Waals surface area contributed by atoms with E-state index in [9.17, 15) is 0 Å². The summed E-state index contributed by atoms with van der Waals surface area (Å²) in [6, 6.07) is 2.18. The minimum Gasteiger partial charge on any atom is -0.354 e. The van der Waals surface area contributed by atoms with Crippen molar-refractivity contribution < 1.29 is 0 Å². The van der Waals surface area contributed by atoms with Gasteiger partial charge >= 0.3 is 0 Å². The van der Waals surface area contributed by atoms with Crippen LogP contribution in [0.2, 0.25) is 0 Å². The van der Waals surface area contributed by atoms with Gasteiger partial charge < -0.3 is 9.88 Å². The third-order valence-electron chi connectivity index (χ3n) is 2.99. The second kappa shape index (κ2) is 5.67. The van der Waals surface area contributed by atoms with Crippen LogP contribution in [0.5, 0.6) is 0 Å². The Morgan fingerprint density at radius 2 is 2.28 bits per heavy atom. The fourth-order valence-electron chi connectivity index (χ4n) is 1.92. The molecule has 0 atom stereocenters. The van der Waals surface area contributed by atoms with E-state index in [1.165, 1.54) is 12.0 Å². The molecule has 0 amide bonds. The van der Waals surface area contributed by atoms with E-state index in [4.69, 9.17) is 0 Å². The molecule has 0 aromatic carbocycles. The quantitative estimate of drug-likeness (QED) is 0.866. The lowest BCUT2D eigenvalue weighted by Crippen LogP contribution is -2.35. The molecule has 2 aromatic heterocycles. The molecular weight excluding hydrogens is 242 g/mol. The van der Waals surface area contributed by atoms with Crippen molar-refractivity contribution in [1.29, 1.82) is 0 Å². The van der Waals surface area contributed by atoms with Gasteiger partial charge in [-0.05, 0) is 31.9 Å². The molecule has 1 N–H and O–H groups in total.